The number of halogens is 1. The van der Waals surface area contributed by atoms with Gasteiger partial charge in [0.05, 0.1) is 0 Å². The van der Waals surface area contributed by atoms with Gasteiger partial charge in [0.2, 0.25) is 12.7 Å². The molecule has 1 aliphatic rings. The molecular formula is C3H6ClNO2. The molecule has 0 saturated heterocycles. The highest BCUT2D eigenvalue weighted by Gasteiger charge is 1.95. The zero-order valence-corrected chi connectivity index (χ0v) is 4.40. The van der Waals surface area contributed by atoms with Gasteiger partial charge < -0.3 is 15.2 Å². The maximum atomic E-state index is 5.05. The van der Waals surface area contributed by atoms with Gasteiger partial charge in [-0.1, -0.05) is 0 Å². The van der Waals surface area contributed by atoms with Crippen molar-refractivity contribution in [2.75, 3.05) is 6.79 Å². The lowest BCUT2D eigenvalue weighted by Crippen LogP contribution is -1.95. The van der Waals surface area contributed by atoms with Gasteiger partial charge in [0.25, 0.3) is 0 Å². The third-order valence-corrected chi connectivity index (χ3v) is 0.493. The van der Waals surface area contributed by atoms with Gasteiger partial charge in [0.1, 0.15) is 6.26 Å². The van der Waals surface area contributed by atoms with Gasteiger partial charge in [-0.25, -0.2) is 0 Å². The summed E-state index contributed by atoms with van der Waals surface area (Å²) in [6.45, 7) is 0.270. The van der Waals surface area contributed by atoms with Crippen molar-refractivity contribution in [3.63, 3.8) is 0 Å². The van der Waals surface area contributed by atoms with E-state index in [1.807, 2.05) is 0 Å². The molecule has 1 heterocycles. The van der Waals surface area contributed by atoms with Gasteiger partial charge >= 0.3 is 0 Å². The predicted molar refractivity (Wildman–Crippen MR) is 26.6 cm³/mol. The molecule has 1 rings (SSSR count). The number of nitrogens with two attached hydrogens (primary N) is 1. The smallest absolute Gasteiger partial charge is 0.232 e. The molecule has 0 aromatic carbocycles. The minimum Gasteiger partial charge on any atom is -0.459 e. The molecule has 0 fully saturated rings. The fraction of sp³-hybridized carbons (Fsp3) is 0.333. The number of hydrogen-bond acceptors (Lipinski definition) is 3. The maximum Gasteiger partial charge on any atom is 0.232 e. The van der Waals surface area contributed by atoms with Crippen molar-refractivity contribution in [3.05, 3.63) is 12.1 Å². The summed E-state index contributed by atoms with van der Waals surface area (Å²) >= 11 is 0. The van der Waals surface area contributed by atoms with Crippen molar-refractivity contribution >= 4 is 12.4 Å². The molecule has 0 atom stereocenters. The summed E-state index contributed by atoms with van der Waals surface area (Å²) in [5, 5.41) is 0. The van der Waals surface area contributed by atoms with Crippen molar-refractivity contribution in [1.29, 1.82) is 0 Å². The summed E-state index contributed by atoms with van der Waals surface area (Å²) in [7, 11) is 0. The van der Waals surface area contributed by atoms with Gasteiger partial charge in [0.15, 0.2) is 0 Å². The molecular weight excluding hydrogens is 117 g/mol. The average Bonchev–Trinajstić information content (AvgIpc) is 1.86. The molecule has 0 aliphatic carbocycles. The summed E-state index contributed by atoms with van der Waals surface area (Å²) in [6.07, 6.45) is 1.38. The van der Waals surface area contributed by atoms with Crippen LogP contribution < -0.4 is 5.73 Å². The second-order valence-electron chi connectivity index (χ2n) is 0.949. The standard InChI is InChI=1S/C3H5NO2.ClH/c4-3-1-5-2-6-3;/h1H,2,4H2;1H. The molecule has 0 bridgehead atoms. The predicted octanol–water partition coefficient (Wildman–Crippen LogP) is 0.170. The SMILES string of the molecule is Cl.NC1=COCO1. The molecule has 3 nitrogen and oxygen atoms in total. The molecule has 7 heavy (non-hydrogen) atoms. The molecule has 0 radical (unpaired) electrons. The first-order chi connectivity index (χ1) is 2.89. The van der Waals surface area contributed by atoms with Crippen molar-refractivity contribution in [1.82, 2.24) is 0 Å². The van der Waals surface area contributed by atoms with Gasteiger partial charge in [-0.15, -0.1) is 12.4 Å². The van der Waals surface area contributed by atoms with E-state index in [4.69, 9.17) is 5.73 Å². The highest BCUT2D eigenvalue weighted by Crippen LogP contribution is 1.96. The molecule has 1 aliphatic heterocycles. The lowest BCUT2D eigenvalue weighted by atomic mass is 10.9. The van der Waals surface area contributed by atoms with Crippen LogP contribution in [-0.4, -0.2) is 6.79 Å². The van der Waals surface area contributed by atoms with Crippen LogP contribution in [0.2, 0.25) is 0 Å². The first kappa shape index (κ1) is 6.43. The Morgan fingerprint density at radius 3 is 2.57 bits per heavy atom. The van der Waals surface area contributed by atoms with E-state index in [1.54, 1.807) is 0 Å². The first-order valence-electron chi connectivity index (χ1n) is 1.59. The van der Waals surface area contributed by atoms with E-state index in [9.17, 15) is 0 Å². The van der Waals surface area contributed by atoms with Crippen LogP contribution in [-0.2, 0) is 9.47 Å². The second kappa shape index (κ2) is 2.58. The molecule has 0 saturated carbocycles. The Labute approximate surface area is 47.5 Å². The van der Waals surface area contributed by atoms with Gasteiger partial charge in [-0.2, -0.15) is 0 Å². The molecule has 0 aromatic rings. The quantitative estimate of drug-likeness (QED) is 0.500. The monoisotopic (exact) mass is 123 g/mol. The van der Waals surface area contributed by atoms with Crippen LogP contribution in [0.15, 0.2) is 12.1 Å². The Hall–Kier alpha value is -0.570. The first-order valence-corrected chi connectivity index (χ1v) is 1.59. The number of ether oxygens (including phenoxy) is 2. The molecule has 0 unspecified atom stereocenters. The van der Waals surface area contributed by atoms with Crippen molar-refractivity contribution in [3.8, 4) is 0 Å². The minimum absolute atomic E-state index is 0. The van der Waals surface area contributed by atoms with Crippen LogP contribution >= 0.6 is 12.4 Å². The largest absolute Gasteiger partial charge is 0.459 e. The second-order valence-corrected chi connectivity index (χ2v) is 0.949. The lowest BCUT2D eigenvalue weighted by molar-refractivity contribution is 0.0798. The normalized spacial score (nSPS) is 15.7. The maximum absolute atomic E-state index is 5.05. The van der Waals surface area contributed by atoms with Crippen LogP contribution in [0.5, 0.6) is 0 Å². The molecule has 0 amide bonds. The topological polar surface area (TPSA) is 44.5 Å². The van der Waals surface area contributed by atoms with E-state index in [1.165, 1.54) is 6.26 Å². The Balaban J connectivity index is 0.000000360. The van der Waals surface area contributed by atoms with Crippen LogP contribution in [0.25, 0.3) is 0 Å². The molecule has 0 spiro atoms. The van der Waals surface area contributed by atoms with Crippen molar-refractivity contribution < 1.29 is 9.47 Å². The van der Waals surface area contributed by atoms with E-state index in [0.29, 0.717) is 5.88 Å². The Bertz CT molecular complexity index is 83.0. The van der Waals surface area contributed by atoms with E-state index in [2.05, 4.69) is 9.47 Å². The molecule has 0 aromatic heterocycles. The molecule has 42 valence electrons. The summed E-state index contributed by atoms with van der Waals surface area (Å²) in [4.78, 5) is 0. The van der Waals surface area contributed by atoms with Gasteiger partial charge in [-0.3, -0.25) is 0 Å². The number of hydrogen-bond donors (Lipinski definition) is 1. The minimum atomic E-state index is 0. The average molecular weight is 124 g/mol. The summed E-state index contributed by atoms with van der Waals surface area (Å²) < 4.78 is 9.12. The summed E-state index contributed by atoms with van der Waals surface area (Å²) in [5.74, 6) is 0.356. The lowest BCUT2D eigenvalue weighted by Gasteiger charge is -1.86. The summed E-state index contributed by atoms with van der Waals surface area (Å²) in [6, 6.07) is 0. The van der Waals surface area contributed by atoms with Crippen LogP contribution in [0.3, 0.4) is 0 Å². The zero-order chi connectivity index (χ0) is 4.41. The van der Waals surface area contributed by atoms with E-state index in [0.717, 1.165) is 0 Å². The zero-order valence-electron chi connectivity index (χ0n) is 3.59. The molecule has 2 N–H and O–H groups in total. The van der Waals surface area contributed by atoms with Gasteiger partial charge in [0, 0.05) is 0 Å². The van der Waals surface area contributed by atoms with E-state index in [-0.39, 0.29) is 19.2 Å². The molecule has 4 heteroatoms. The Morgan fingerprint density at radius 2 is 2.43 bits per heavy atom. The van der Waals surface area contributed by atoms with Crippen molar-refractivity contribution in [2.24, 2.45) is 5.73 Å². The van der Waals surface area contributed by atoms with Crippen LogP contribution in [0.1, 0.15) is 0 Å². The Kier molecular flexibility index (Phi) is 2.37. The van der Waals surface area contributed by atoms with Crippen LogP contribution in [0.4, 0.5) is 0 Å². The fourth-order valence-electron chi connectivity index (χ4n) is 0.252. The van der Waals surface area contributed by atoms with Gasteiger partial charge in [-0.05, 0) is 0 Å². The van der Waals surface area contributed by atoms with Crippen LogP contribution in [0, 0.1) is 0 Å². The fourth-order valence-corrected chi connectivity index (χ4v) is 0.252. The third kappa shape index (κ3) is 1.55. The van der Waals surface area contributed by atoms with E-state index >= 15 is 0 Å². The highest BCUT2D eigenvalue weighted by molar-refractivity contribution is 5.85. The van der Waals surface area contributed by atoms with E-state index < -0.39 is 0 Å². The summed E-state index contributed by atoms with van der Waals surface area (Å²) in [5.41, 5.74) is 5.05. The number of rotatable bonds is 0. The Morgan fingerprint density at radius 1 is 1.71 bits per heavy atom. The van der Waals surface area contributed by atoms with Crippen molar-refractivity contribution in [2.45, 2.75) is 0 Å². The highest BCUT2D eigenvalue weighted by atomic mass is 35.5. The third-order valence-electron chi connectivity index (χ3n) is 0.493.